The van der Waals surface area contributed by atoms with Gasteiger partial charge in [-0.1, -0.05) is 12.7 Å². The van der Waals surface area contributed by atoms with Crippen molar-refractivity contribution < 1.29 is 4.79 Å². The van der Waals surface area contributed by atoms with Crippen LogP contribution in [0.25, 0.3) is 0 Å². The van der Waals surface area contributed by atoms with E-state index in [4.69, 9.17) is 0 Å². The summed E-state index contributed by atoms with van der Waals surface area (Å²) in [4.78, 5) is 11.7. The Morgan fingerprint density at radius 3 is 2.56 bits per heavy atom. The van der Waals surface area contributed by atoms with Crippen LogP contribution in [-0.4, -0.2) is 18.2 Å². The second-order valence-corrected chi connectivity index (χ2v) is 1.70. The summed E-state index contributed by atoms with van der Waals surface area (Å²) in [6.07, 6.45) is 4.34. The fraction of sp³-hybridized carbons (Fsp3) is 0.286. The van der Waals surface area contributed by atoms with E-state index in [1.54, 1.807) is 18.1 Å². The van der Waals surface area contributed by atoms with Crippen LogP contribution in [0, 0.1) is 0 Å². The van der Waals surface area contributed by atoms with Crippen molar-refractivity contribution >= 4 is 6.29 Å². The zero-order valence-electron chi connectivity index (χ0n) is 5.79. The van der Waals surface area contributed by atoms with Crippen LogP contribution in [0.3, 0.4) is 0 Å². The Labute approximate surface area is 55.5 Å². The average molecular weight is 125 g/mol. The molecule has 0 saturated carbocycles. The Morgan fingerprint density at radius 1 is 1.67 bits per heavy atom. The zero-order chi connectivity index (χ0) is 7.28. The lowest BCUT2D eigenvalue weighted by atomic mass is 10.5. The summed E-state index contributed by atoms with van der Waals surface area (Å²) in [7, 11) is 1.77. The molecule has 0 heterocycles. The Balaban J connectivity index is 3.87. The molecule has 9 heavy (non-hydrogen) atoms. The minimum absolute atomic E-state index is 0.466. The number of carbonyl (C=O) groups excluding carboxylic acids is 1. The first-order chi connectivity index (χ1) is 4.22. The predicted molar refractivity (Wildman–Crippen MR) is 37.8 cm³/mol. The summed E-state index contributed by atoms with van der Waals surface area (Å²) in [6.45, 7) is 5.38. The summed E-state index contributed by atoms with van der Waals surface area (Å²) in [5.41, 5.74) is 0.466. The molecule has 0 amide bonds. The number of aldehydes is 1. The van der Waals surface area contributed by atoms with E-state index in [1.807, 2.05) is 13.0 Å². The summed E-state index contributed by atoms with van der Waals surface area (Å²) in [6, 6.07) is 0. The normalized spacial score (nSPS) is 9.56. The van der Waals surface area contributed by atoms with Crippen LogP contribution in [0.4, 0.5) is 0 Å². The van der Waals surface area contributed by atoms with Crippen LogP contribution >= 0.6 is 0 Å². The Kier molecular flexibility index (Phi) is 3.44. The molecule has 0 bridgehead atoms. The molecule has 2 heteroatoms. The lowest BCUT2D eigenvalue weighted by molar-refractivity contribution is -0.105. The van der Waals surface area contributed by atoms with Crippen molar-refractivity contribution in [1.29, 1.82) is 0 Å². The van der Waals surface area contributed by atoms with Crippen molar-refractivity contribution in [3.05, 3.63) is 24.6 Å². The minimum Gasteiger partial charge on any atom is -0.349 e. The maximum absolute atomic E-state index is 10.0. The quantitative estimate of drug-likeness (QED) is 0.417. The summed E-state index contributed by atoms with van der Waals surface area (Å²) in [5.74, 6) is 0. The van der Waals surface area contributed by atoms with E-state index in [2.05, 4.69) is 6.58 Å². The molecule has 0 aliphatic carbocycles. The molecule has 0 fully saturated rings. The molecule has 0 rings (SSSR count). The fourth-order valence-electron chi connectivity index (χ4n) is 0.402. The van der Waals surface area contributed by atoms with E-state index in [0.29, 0.717) is 5.70 Å². The number of allylic oxidation sites excluding steroid dienone is 2. The third-order valence-electron chi connectivity index (χ3n) is 0.962. The van der Waals surface area contributed by atoms with Gasteiger partial charge in [-0.15, -0.1) is 0 Å². The van der Waals surface area contributed by atoms with E-state index >= 15 is 0 Å². The maximum Gasteiger partial charge on any atom is 0.165 e. The van der Waals surface area contributed by atoms with Gasteiger partial charge in [-0.2, -0.15) is 0 Å². The zero-order valence-corrected chi connectivity index (χ0v) is 5.79. The fourth-order valence-corrected chi connectivity index (χ4v) is 0.402. The van der Waals surface area contributed by atoms with Gasteiger partial charge < -0.3 is 4.90 Å². The molecule has 0 unspecified atom stereocenters. The van der Waals surface area contributed by atoms with Crippen LogP contribution < -0.4 is 0 Å². The predicted octanol–water partition coefficient (Wildman–Crippen LogP) is 1.16. The molecular formula is C7H11NO. The minimum atomic E-state index is 0.466. The number of nitrogens with zero attached hydrogens (tertiary/aromatic N) is 1. The largest absolute Gasteiger partial charge is 0.349 e. The smallest absolute Gasteiger partial charge is 0.165 e. The van der Waals surface area contributed by atoms with Gasteiger partial charge in [0.1, 0.15) is 0 Å². The summed E-state index contributed by atoms with van der Waals surface area (Å²) >= 11 is 0. The van der Waals surface area contributed by atoms with E-state index in [9.17, 15) is 4.79 Å². The molecule has 0 saturated heterocycles. The monoisotopic (exact) mass is 125 g/mol. The van der Waals surface area contributed by atoms with Crippen LogP contribution in [0.5, 0.6) is 0 Å². The molecule has 2 nitrogen and oxygen atoms in total. The third-order valence-corrected chi connectivity index (χ3v) is 0.962. The molecule has 0 N–H and O–H groups in total. The van der Waals surface area contributed by atoms with Crippen molar-refractivity contribution in [2.45, 2.75) is 6.92 Å². The van der Waals surface area contributed by atoms with Gasteiger partial charge in [-0.3, -0.25) is 4.79 Å². The second-order valence-electron chi connectivity index (χ2n) is 1.70. The number of likely N-dealkylation sites (N-methyl/N-ethyl adjacent to an activating group) is 1. The average Bonchev–Trinajstić information content (AvgIpc) is 1.87. The molecule has 0 atom stereocenters. The maximum atomic E-state index is 10.0. The first-order valence-electron chi connectivity index (χ1n) is 2.72. The van der Waals surface area contributed by atoms with E-state index in [1.165, 1.54) is 0 Å². The van der Waals surface area contributed by atoms with E-state index < -0.39 is 0 Å². The van der Waals surface area contributed by atoms with Gasteiger partial charge in [0.15, 0.2) is 6.29 Å². The molecule has 50 valence electrons. The van der Waals surface area contributed by atoms with Gasteiger partial charge in [0, 0.05) is 7.05 Å². The van der Waals surface area contributed by atoms with Gasteiger partial charge in [0.2, 0.25) is 0 Å². The van der Waals surface area contributed by atoms with Crippen molar-refractivity contribution in [3.63, 3.8) is 0 Å². The molecule has 0 aromatic carbocycles. The van der Waals surface area contributed by atoms with Crippen LogP contribution in [-0.2, 0) is 4.79 Å². The highest BCUT2D eigenvalue weighted by molar-refractivity contribution is 5.71. The number of rotatable bonds is 3. The highest BCUT2D eigenvalue weighted by atomic mass is 16.1. The standard InChI is InChI=1S/C7H11NO/c1-4-5-8(3)7(2)6-9/h4-6H,2H2,1,3H3/b5-4-. The second kappa shape index (κ2) is 3.89. The topological polar surface area (TPSA) is 20.3 Å². The SMILES string of the molecule is C=C(C=O)N(C)/C=C\C. The van der Waals surface area contributed by atoms with E-state index in [0.717, 1.165) is 6.29 Å². The van der Waals surface area contributed by atoms with Crippen LogP contribution in [0.15, 0.2) is 24.6 Å². The number of carbonyl (C=O) groups is 1. The number of hydrogen-bond donors (Lipinski definition) is 0. The molecule has 0 aromatic heterocycles. The highest BCUT2D eigenvalue weighted by Gasteiger charge is 1.91. The Hall–Kier alpha value is -1.05. The first kappa shape index (κ1) is 7.95. The number of hydrogen-bond acceptors (Lipinski definition) is 2. The molecule has 0 aliphatic heterocycles. The van der Waals surface area contributed by atoms with Gasteiger partial charge >= 0.3 is 0 Å². The molecule has 0 radical (unpaired) electrons. The molecular weight excluding hydrogens is 114 g/mol. The van der Waals surface area contributed by atoms with E-state index in [-0.39, 0.29) is 0 Å². The Bertz CT molecular complexity index is 138. The highest BCUT2D eigenvalue weighted by Crippen LogP contribution is 1.93. The third kappa shape index (κ3) is 2.69. The van der Waals surface area contributed by atoms with Crippen LogP contribution in [0.2, 0.25) is 0 Å². The Morgan fingerprint density at radius 2 is 2.22 bits per heavy atom. The molecule has 0 aliphatic rings. The lowest BCUT2D eigenvalue weighted by Crippen LogP contribution is -2.09. The molecule has 0 aromatic rings. The molecule has 0 spiro atoms. The van der Waals surface area contributed by atoms with Crippen molar-refractivity contribution in [1.82, 2.24) is 4.90 Å². The van der Waals surface area contributed by atoms with Crippen LogP contribution in [0.1, 0.15) is 6.92 Å². The van der Waals surface area contributed by atoms with Gasteiger partial charge in [-0.25, -0.2) is 0 Å². The van der Waals surface area contributed by atoms with Gasteiger partial charge in [0.25, 0.3) is 0 Å². The lowest BCUT2D eigenvalue weighted by Gasteiger charge is -2.09. The van der Waals surface area contributed by atoms with Crippen molar-refractivity contribution in [2.24, 2.45) is 0 Å². The summed E-state index contributed by atoms with van der Waals surface area (Å²) in [5, 5.41) is 0. The van der Waals surface area contributed by atoms with Gasteiger partial charge in [-0.05, 0) is 13.1 Å². The van der Waals surface area contributed by atoms with Crippen molar-refractivity contribution in [2.75, 3.05) is 7.05 Å². The first-order valence-corrected chi connectivity index (χ1v) is 2.72. The summed E-state index contributed by atoms with van der Waals surface area (Å²) < 4.78 is 0. The van der Waals surface area contributed by atoms with Crippen molar-refractivity contribution in [3.8, 4) is 0 Å². The van der Waals surface area contributed by atoms with Gasteiger partial charge in [0.05, 0.1) is 5.70 Å².